The number of carboxylic acid groups (broad SMARTS) is 2. The molecule has 2 N–H and O–H groups in total. The molecule has 0 bridgehead atoms. The van der Waals surface area contributed by atoms with Gasteiger partial charge in [-0.3, -0.25) is 9.59 Å². The van der Waals surface area contributed by atoms with E-state index in [1.54, 1.807) is 18.2 Å². The van der Waals surface area contributed by atoms with E-state index in [1.165, 1.54) is 0 Å². The average Bonchev–Trinajstić information content (AvgIpc) is 2.13. The summed E-state index contributed by atoms with van der Waals surface area (Å²) in [4.78, 5) is 21.4. The molecule has 0 radical (unpaired) electrons. The lowest BCUT2D eigenvalue weighted by atomic mass is 9.92. The first-order valence-corrected chi connectivity index (χ1v) is 5.83. The monoisotopic (exact) mass is 274 g/mol. The summed E-state index contributed by atoms with van der Waals surface area (Å²) in [6, 6.07) is 5.03. The van der Waals surface area contributed by atoms with Crippen molar-refractivity contribution in [2.75, 3.05) is 0 Å². The maximum atomic E-state index is 10.7. The highest BCUT2D eigenvalue weighted by Gasteiger charge is 2.19. The van der Waals surface area contributed by atoms with Gasteiger partial charge in [-0.1, -0.05) is 17.7 Å². The SMILES string of the molecule is O=C(O)CC(CC(=O)O)c1cc(P)cc(Cl)c1. The van der Waals surface area contributed by atoms with Crippen molar-refractivity contribution in [2.24, 2.45) is 0 Å². The Kier molecular flexibility index (Phi) is 4.91. The van der Waals surface area contributed by atoms with Crippen LogP contribution in [-0.2, 0) is 9.59 Å². The Morgan fingerprint density at radius 2 is 1.71 bits per heavy atom. The van der Waals surface area contributed by atoms with Crippen molar-refractivity contribution in [1.29, 1.82) is 0 Å². The van der Waals surface area contributed by atoms with Crippen LogP contribution in [0.3, 0.4) is 0 Å². The van der Waals surface area contributed by atoms with Crippen molar-refractivity contribution in [1.82, 2.24) is 0 Å². The van der Waals surface area contributed by atoms with Gasteiger partial charge in [0.05, 0.1) is 12.8 Å². The lowest BCUT2D eigenvalue weighted by Crippen LogP contribution is -2.12. The summed E-state index contributed by atoms with van der Waals surface area (Å²) in [5.41, 5.74) is 0.632. The van der Waals surface area contributed by atoms with Crippen LogP contribution in [-0.4, -0.2) is 22.2 Å². The molecule has 0 fully saturated rings. The molecule has 17 heavy (non-hydrogen) atoms. The second kappa shape index (κ2) is 5.99. The van der Waals surface area contributed by atoms with Crippen LogP contribution in [0.4, 0.5) is 0 Å². The van der Waals surface area contributed by atoms with Crippen molar-refractivity contribution in [3.05, 3.63) is 28.8 Å². The van der Waals surface area contributed by atoms with Crippen molar-refractivity contribution in [3.63, 3.8) is 0 Å². The minimum atomic E-state index is -1.03. The number of rotatable bonds is 5. The van der Waals surface area contributed by atoms with E-state index in [2.05, 4.69) is 9.24 Å². The zero-order chi connectivity index (χ0) is 13.0. The van der Waals surface area contributed by atoms with Gasteiger partial charge in [-0.2, -0.15) is 0 Å². The predicted molar refractivity (Wildman–Crippen MR) is 68.0 cm³/mol. The minimum absolute atomic E-state index is 0.225. The number of carbonyl (C=O) groups is 2. The zero-order valence-electron chi connectivity index (χ0n) is 8.89. The van der Waals surface area contributed by atoms with E-state index in [1.807, 2.05) is 0 Å². The van der Waals surface area contributed by atoms with Gasteiger partial charge >= 0.3 is 11.9 Å². The molecule has 0 saturated heterocycles. The van der Waals surface area contributed by atoms with Crippen molar-refractivity contribution in [3.8, 4) is 0 Å². The van der Waals surface area contributed by atoms with E-state index in [0.717, 1.165) is 5.30 Å². The van der Waals surface area contributed by atoms with E-state index in [0.29, 0.717) is 10.6 Å². The van der Waals surface area contributed by atoms with Crippen LogP contribution in [0.15, 0.2) is 18.2 Å². The molecule has 1 rings (SSSR count). The molecule has 6 heteroatoms. The van der Waals surface area contributed by atoms with E-state index < -0.39 is 17.9 Å². The van der Waals surface area contributed by atoms with Crippen molar-refractivity contribution >= 4 is 38.1 Å². The molecule has 4 nitrogen and oxygen atoms in total. The lowest BCUT2D eigenvalue weighted by molar-refractivity contribution is -0.139. The van der Waals surface area contributed by atoms with E-state index in [-0.39, 0.29) is 12.8 Å². The van der Waals surface area contributed by atoms with Crippen molar-refractivity contribution in [2.45, 2.75) is 18.8 Å². The molecule has 92 valence electrons. The standard InChI is InChI=1S/C11H12ClO4P/c12-8-1-6(2-9(17)5-8)7(3-10(13)14)4-11(15)16/h1-2,5,7H,3-4,17H2,(H,13,14)(H,15,16). The second-order valence-corrected chi connectivity index (χ2v) is 4.81. The topological polar surface area (TPSA) is 74.6 Å². The van der Waals surface area contributed by atoms with Crippen LogP contribution in [0.5, 0.6) is 0 Å². The Hall–Kier alpha value is -1.12. The molecule has 0 aliphatic carbocycles. The maximum Gasteiger partial charge on any atom is 0.303 e. The van der Waals surface area contributed by atoms with Gasteiger partial charge in [0.15, 0.2) is 0 Å². The third-order valence-corrected chi connectivity index (χ3v) is 2.81. The fourth-order valence-electron chi connectivity index (χ4n) is 1.60. The third-order valence-electron chi connectivity index (χ3n) is 2.26. The van der Waals surface area contributed by atoms with Gasteiger partial charge in [0.1, 0.15) is 0 Å². The Bertz CT molecular complexity index is 411. The molecule has 0 heterocycles. The summed E-state index contributed by atoms with van der Waals surface area (Å²) >= 11 is 5.86. The molecule has 0 aliphatic rings. The highest BCUT2D eigenvalue weighted by molar-refractivity contribution is 7.27. The summed E-state index contributed by atoms with van der Waals surface area (Å²) in [7, 11) is 2.45. The van der Waals surface area contributed by atoms with E-state index >= 15 is 0 Å². The summed E-state index contributed by atoms with van der Waals surface area (Å²) < 4.78 is 0. The fourth-order valence-corrected chi connectivity index (χ4v) is 2.33. The first-order chi connectivity index (χ1) is 7.88. The minimum Gasteiger partial charge on any atom is -0.481 e. The smallest absolute Gasteiger partial charge is 0.303 e. The molecule has 0 saturated carbocycles. The molecule has 0 amide bonds. The average molecular weight is 275 g/mol. The van der Waals surface area contributed by atoms with Crippen LogP contribution in [0, 0.1) is 0 Å². The van der Waals surface area contributed by atoms with Gasteiger partial charge in [-0.25, -0.2) is 0 Å². The first-order valence-electron chi connectivity index (χ1n) is 4.88. The molecular weight excluding hydrogens is 263 g/mol. The number of benzene rings is 1. The van der Waals surface area contributed by atoms with Gasteiger partial charge in [0.2, 0.25) is 0 Å². The molecule has 0 spiro atoms. The highest BCUT2D eigenvalue weighted by atomic mass is 35.5. The fraction of sp³-hybridized carbons (Fsp3) is 0.273. The molecule has 0 aromatic heterocycles. The Morgan fingerprint density at radius 1 is 1.18 bits per heavy atom. The number of halogens is 1. The highest BCUT2D eigenvalue weighted by Crippen LogP contribution is 2.25. The second-order valence-electron chi connectivity index (χ2n) is 3.71. The van der Waals surface area contributed by atoms with Crippen LogP contribution in [0.1, 0.15) is 24.3 Å². The summed E-state index contributed by atoms with van der Waals surface area (Å²) in [6.45, 7) is 0. The van der Waals surface area contributed by atoms with Gasteiger partial charge < -0.3 is 10.2 Å². The Labute approximate surface area is 106 Å². The Balaban J connectivity index is 3.02. The van der Waals surface area contributed by atoms with Gasteiger partial charge in [0, 0.05) is 10.9 Å². The molecule has 1 aromatic carbocycles. The van der Waals surface area contributed by atoms with Gasteiger partial charge in [-0.15, -0.1) is 9.24 Å². The van der Waals surface area contributed by atoms with Gasteiger partial charge in [0.25, 0.3) is 0 Å². The molecule has 1 aromatic rings. The van der Waals surface area contributed by atoms with Crippen LogP contribution < -0.4 is 5.30 Å². The van der Waals surface area contributed by atoms with Crippen LogP contribution >= 0.6 is 20.8 Å². The zero-order valence-corrected chi connectivity index (χ0v) is 10.8. The largest absolute Gasteiger partial charge is 0.481 e. The number of hydrogen-bond donors (Lipinski definition) is 2. The number of hydrogen-bond acceptors (Lipinski definition) is 2. The molecule has 0 aliphatic heterocycles. The maximum absolute atomic E-state index is 10.7. The molecule has 1 unspecified atom stereocenters. The van der Waals surface area contributed by atoms with E-state index in [4.69, 9.17) is 21.8 Å². The number of aliphatic carboxylic acids is 2. The third kappa shape index (κ3) is 4.72. The normalized spacial score (nSPS) is 10.5. The lowest BCUT2D eigenvalue weighted by Gasteiger charge is -2.14. The van der Waals surface area contributed by atoms with Crippen LogP contribution in [0.2, 0.25) is 5.02 Å². The van der Waals surface area contributed by atoms with Crippen LogP contribution in [0.25, 0.3) is 0 Å². The summed E-state index contributed by atoms with van der Waals surface area (Å²) in [6.07, 6.45) is -0.451. The molecule has 1 atom stereocenters. The molecular formula is C11H12ClO4P. The van der Waals surface area contributed by atoms with Crippen molar-refractivity contribution < 1.29 is 19.8 Å². The van der Waals surface area contributed by atoms with Gasteiger partial charge in [-0.05, 0) is 23.0 Å². The summed E-state index contributed by atoms with van der Waals surface area (Å²) in [5, 5.41) is 18.8. The quantitative estimate of drug-likeness (QED) is 0.804. The Morgan fingerprint density at radius 3 is 2.12 bits per heavy atom. The van der Waals surface area contributed by atoms with E-state index in [9.17, 15) is 9.59 Å². The number of carboxylic acids is 2. The predicted octanol–water partition coefficient (Wildman–Crippen LogP) is 1.87. The summed E-state index contributed by atoms with van der Waals surface area (Å²) in [5.74, 6) is -2.62. The first kappa shape index (κ1) is 13.9.